The van der Waals surface area contributed by atoms with Gasteiger partial charge in [0.05, 0.1) is 65.2 Å². The van der Waals surface area contributed by atoms with E-state index in [1.54, 1.807) is 42.3 Å². The van der Waals surface area contributed by atoms with Gasteiger partial charge in [0.1, 0.15) is 17.9 Å². The molecule has 1 aromatic heterocycles. The predicted molar refractivity (Wildman–Crippen MR) is 217 cm³/mol. The highest BCUT2D eigenvalue weighted by Crippen LogP contribution is 2.37. The third-order valence-corrected chi connectivity index (χ3v) is 9.28. The van der Waals surface area contributed by atoms with Gasteiger partial charge in [-0.15, -0.1) is 11.5 Å². The molecule has 0 bridgehead atoms. The molecule has 3 rings (SSSR count). The van der Waals surface area contributed by atoms with Crippen molar-refractivity contribution in [3.63, 3.8) is 0 Å². The lowest BCUT2D eigenvalue weighted by Crippen LogP contribution is -2.70. The fraction of sp³-hybridized carbons (Fsp3) is 0.595. The maximum absolute atomic E-state index is 13.8. The molecule has 0 radical (unpaired) electrons. The number of aryl methyl sites for hydroxylation is 1. The number of hydrogen-bond donors (Lipinski definition) is 2. The number of hydrogen-bond acceptors (Lipinski definition) is 18. The number of amides is 2. The topological polar surface area (TPSA) is 257 Å². The van der Waals surface area contributed by atoms with Crippen LogP contribution in [0.1, 0.15) is 76.6 Å². The second-order valence-electron chi connectivity index (χ2n) is 14.4. The summed E-state index contributed by atoms with van der Waals surface area (Å²) in [7, 11) is 2.66. The summed E-state index contributed by atoms with van der Waals surface area (Å²) in [4.78, 5) is 89.7. The van der Waals surface area contributed by atoms with Crippen molar-refractivity contribution in [3.05, 3.63) is 47.3 Å². The van der Waals surface area contributed by atoms with E-state index in [2.05, 4.69) is 26.9 Å². The molecule has 1 saturated heterocycles. The van der Waals surface area contributed by atoms with Gasteiger partial charge in [-0.05, 0) is 30.5 Å². The highest BCUT2D eigenvalue weighted by atomic mass is 16.7. The van der Waals surface area contributed by atoms with Gasteiger partial charge in [-0.2, -0.15) is 0 Å². The van der Waals surface area contributed by atoms with Crippen molar-refractivity contribution in [1.82, 2.24) is 25.6 Å². The Morgan fingerprint density at radius 3 is 2.25 bits per heavy atom. The van der Waals surface area contributed by atoms with Gasteiger partial charge in [-0.1, -0.05) is 36.1 Å². The van der Waals surface area contributed by atoms with Crippen molar-refractivity contribution in [2.75, 3.05) is 47.2 Å². The van der Waals surface area contributed by atoms with Crippen LogP contribution in [0.5, 0.6) is 0 Å². The molecule has 0 saturated carbocycles. The van der Waals surface area contributed by atoms with Crippen molar-refractivity contribution in [2.24, 2.45) is 0 Å². The third kappa shape index (κ3) is 17.7. The molecule has 1 aliphatic heterocycles. The number of carbonyl (C=O) groups excluding carboxylic acids is 7. The maximum atomic E-state index is 13.8. The number of esters is 5. The normalized spacial score (nSPS) is 19.0. The summed E-state index contributed by atoms with van der Waals surface area (Å²) >= 11 is 0. The second-order valence-corrected chi connectivity index (χ2v) is 14.4. The molecule has 2 amide bonds. The van der Waals surface area contributed by atoms with E-state index in [9.17, 15) is 33.6 Å². The number of terminal acetylenes is 1. The molecule has 21 heteroatoms. The molecule has 1 aliphatic rings. The number of rotatable bonds is 26. The first kappa shape index (κ1) is 51.4. The molecule has 0 unspecified atom stereocenters. The van der Waals surface area contributed by atoms with Crippen LogP contribution in [0.25, 0.3) is 0 Å². The molecule has 2 N–H and O–H groups in total. The van der Waals surface area contributed by atoms with Crippen molar-refractivity contribution in [1.29, 1.82) is 0 Å². The predicted octanol–water partition coefficient (Wildman–Crippen LogP) is 0.860. The van der Waals surface area contributed by atoms with Crippen molar-refractivity contribution < 1.29 is 76.2 Å². The Kier molecular flexibility index (Phi) is 21.6. The van der Waals surface area contributed by atoms with E-state index in [0.29, 0.717) is 56.0 Å². The van der Waals surface area contributed by atoms with E-state index in [1.165, 1.54) is 0 Å². The van der Waals surface area contributed by atoms with Crippen LogP contribution in [-0.2, 0) is 95.8 Å². The van der Waals surface area contributed by atoms with Crippen molar-refractivity contribution in [3.8, 4) is 12.3 Å². The highest BCUT2D eigenvalue weighted by molar-refractivity contribution is 5.81. The van der Waals surface area contributed by atoms with Gasteiger partial charge < -0.3 is 53.3 Å². The Labute approximate surface area is 365 Å². The van der Waals surface area contributed by atoms with E-state index in [1.807, 2.05) is 0 Å². The summed E-state index contributed by atoms with van der Waals surface area (Å²) in [5, 5.41) is 13.5. The number of nitrogens with zero attached hydrogens (tertiary/aromatic N) is 3. The van der Waals surface area contributed by atoms with Crippen LogP contribution in [0.15, 0.2) is 30.5 Å². The fourth-order valence-corrected chi connectivity index (χ4v) is 6.52. The Morgan fingerprint density at radius 2 is 1.62 bits per heavy atom. The second kappa shape index (κ2) is 26.5. The van der Waals surface area contributed by atoms with Gasteiger partial charge in [-0.3, -0.25) is 33.4 Å². The van der Waals surface area contributed by atoms with Gasteiger partial charge in [0, 0.05) is 46.9 Å². The van der Waals surface area contributed by atoms with Crippen molar-refractivity contribution in [2.45, 2.75) is 116 Å². The van der Waals surface area contributed by atoms with Crippen LogP contribution >= 0.6 is 0 Å². The minimum Gasteiger partial charge on any atom is -0.465 e. The smallest absolute Gasteiger partial charge is 0.366 e. The highest BCUT2D eigenvalue weighted by Gasteiger charge is 2.59. The first-order valence-corrected chi connectivity index (χ1v) is 20.2. The largest absolute Gasteiger partial charge is 0.465 e. The zero-order valence-corrected chi connectivity index (χ0v) is 36.4. The summed E-state index contributed by atoms with van der Waals surface area (Å²) in [5.41, 5.74) is 1.89. The zero-order chi connectivity index (χ0) is 46.4. The van der Waals surface area contributed by atoms with E-state index in [-0.39, 0.29) is 13.0 Å². The van der Waals surface area contributed by atoms with Crippen LogP contribution in [0.3, 0.4) is 0 Å². The zero-order valence-electron chi connectivity index (χ0n) is 36.4. The maximum Gasteiger partial charge on any atom is 0.366 e. The number of ether oxygens (including phenoxy) is 9. The number of benzene rings is 1. The first-order chi connectivity index (χ1) is 30.1. The lowest BCUT2D eigenvalue weighted by Gasteiger charge is -2.48. The van der Waals surface area contributed by atoms with E-state index in [4.69, 9.17) is 49.1 Å². The van der Waals surface area contributed by atoms with Crippen LogP contribution < -0.4 is 10.6 Å². The average molecular weight is 888 g/mol. The van der Waals surface area contributed by atoms with Crippen LogP contribution in [0.4, 0.5) is 0 Å². The number of carbonyl (C=O) groups is 7. The number of nitrogens with one attached hydrogen (secondary N) is 2. The molecule has 6 atom stereocenters. The molecular formula is C42H57N5O16. The molecule has 2 heterocycles. The molecule has 2 aromatic rings. The van der Waals surface area contributed by atoms with E-state index < -0.39 is 97.5 Å². The number of methoxy groups -OCH3 is 2. The van der Waals surface area contributed by atoms with Gasteiger partial charge in [0.2, 0.25) is 5.91 Å². The van der Waals surface area contributed by atoms with Gasteiger partial charge in [-0.25, -0.2) is 4.79 Å². The molecule has 1 fully saturated rings. The standard InChI is InChI=1S/C42H57N5O16/c1-8-31-13-15-32(16-14-31)21-36(52)43-23-35(61-29(4)50)39(62-30(5)51)40-38(44-37(53)26-58-27(2)48)34(60-28(3)49)22-42(63-40,41(54)56-7)59-18-12-10-9-11-17-47-24-33(45-46-47)25-57-20-19-55-6/h1,13-16,24,34-35,38-40H,9-12,17-23,25-26H2,2-7H3,(H,43,52)(H,44,53)/t34-,35+,38+,39+,40+,42+/m0/s1. The molecular weight excluding hydrogens is 830 g/mol. The summed E-state index contributed by atoms with van der Waals surface area (Å²) in [6, 6.07) is 5.16. The summed E-state index contributed by atoms with van der Waals surface area (Å²) in [6.45, 7) is 4.71. The molecule has 1 aromatic carbocycles. The Balaban J connectivity index is 1.90. The third-order valence-electron chi connectivity index (χ3n) is 9.28. The molecule has 0 spiro atoms. The number of aromatic nitrogens is 3. The quantitative estimate of drug-likeness (QED) is 0.0575. The van der Waals surface area contributed by atoms with E-state index in [0.717, 1.165) is 47.6 Å². The van der Waals surface area contributed by atoms with E-state index >= 15 is 0 Å². The SMILES string of the molecule is C#Cc1ccc(CC(=O)NC[C@@H](OC(C)=O)[C@@H](OC(C)=O)[C@@H]2O[C@@](OCCCCCCn3cc(COCCOC)nn3)(C(=O)OC)C[C@H](OC(C)=O)[C@H]2NC(=O)COC(C)=O)cc1. The fourth-order valence-electron chi connectivity index (χ4n) is 6.52. The summed E-state index contributed by atoms with van der Waals surface area (Å²) in [6.07, 6.45) is 2.58. The average Bonchev–Trinajstić information content (AvgIpc) is 3.69. The lowest BCUT2D eigenvalue weighted by molar-refractivity contribution is -0.313. The number of unbranched alkanes of at least 4 members (excludes halogenated alkanes) is 3. The van der Waals surface area contributed by atoms with Gasteiger partial charge >= 0.3 is 29.8 Å². The van der Waals surface area contributed by atoms with Crippen molar-refractivity contribution >= 4 is 41.7 Å². The molecule has 21 nitrogen and oxygen atoms in total. The van der Waals surface area contributed by atoms with Crippen LogP contribution in [-0.4, -0.2) is 140 Å². The summed E-state index contributed by atoms with van der Waals surface area (Å²) < 4.78 is 51.7. The van der Waals surface area contributed by atoms with Gasteiger partial charge in [0.25, 0.3) is 11.7 Å². The van der Waals surface area contributed by atoms with Crippen LogP contribution in [0, 0.1) is 12.3 Å². The summed E-state index contributed by atoms with van der Waals surface area (Å²) in [5.74, 6) is -5.79. The Bertz CT molecular complexity index is 1880. The molecule has 0 aliphatic carbocycles. The minimum atomic E-state index is -2.36. The van der Waals surface area contributed by atoms with Crippen LogP contribution in [0.2, 0.25) is 0 Å². The first-order valence-electron chi connectivity index (χ1n) is 20.2. The minimum absolute atomic E-state index is 0.0889. The Morgan fingerprint density at radius 1 is 0.905 bits per heavy atom. The Hall–Kier alpha value is -5.95. The van der Waals surface area contributed by atoms with Gasteiger partial charge in [0.15, 0.2) is 18.8 Å². The molecule has 63 heavy (non-hydrogen) atoms. The molecule has 346 valence electrons. The lowest BCUT2D eigenvalue weighted by atomic mass is 9.87. The monoisotopic (exact) mass is 887 g/mol.